The number of benzene rings is 4. The van der Waals surface area contributed by atoms with Crippen molar-refractivity contribution in [1.29, 1.82) is 0 Å². The molecule has 158 valence electrons. The Hall–Kier alpha value is -3.85. The molecule has 32 heavy (non-hydrogen) atoms. The molecule has 0 heterocycles. The van der Waals surface area contributed by atoms with Crippen molar-refractivity contribution < 1.29 is 13.2 Å². The van der Waals surface area contributed by atoms with E-state index in [1.807, 2.05) is 78.9 Å². The Morgan fingerprint density at radius 1 is 0.625 bits per heavy atom. The van der Waals surface area contributed by atoms with Gasteiger partial charge in [-0.1, -0.05) is 96.7 Å². The van der Waals surface area contributed by atoms with E-state index in [1.54, 1.807) is 43.5 Å². The number of sulfone groups is 1. The van der Waals surface area contributed by atoms with E-state index in [2.05, 4.69) is 5.73 Å². The first-order valence-corrected chi connectivity index (χ1v) is 11.6. The molecule has 0 radical (unpaired) electrons. The first-order chi connectivity index (χ1) is 15.6. The van der Waals surface area contributed by atoms with Crippen molar-refractivity contribution in [2.75, 3.05) is 7.11 Å². The van der Waals surface area contributed by atoms with Gasteiger partial charge in [-0.3, -0.25) is 0 Å². The van der Waals surface area contributed by atoms with E-state index in [0.29, 0.717) is 16.9 Å². The molecule has 0 saturated heterocycles. The summed E-state index contributed by atoms with van der Waals surface area (Å²) in [5, 5.41) is 0. The molecule has 3 nitrogen and oxygen atoms in total. The van der Waals surface area contributed by atoms with E-state index >= 15 is 0 Å². The maximum Gasteiger partial charge on any atom is 0.214 e. The smallest absolute Gasteiger partial charge is 0.214 e. The minimum Gasteiger partial charge on any atom is -0.497 e. The Morgan fingerprint density at radius 3 is 1.50 bits per heavy atom. The van der Waals surface area contributed by atoms with E-state index in [4.69, 9.17) is 4.74 Å². The maximum absolute atomic E-state index is 13.8. The first kappa shape index (κ1) is 21.4. The third-order valence-electron chi connectivity index (χ3n) is 5.04. The third-order valence-corrected chi connectivity index (χ3v) is 6.81. The number of methoxy groups -OCH3 is 1. The van der Waals surface area contributed by atoms with Crippen LogP contribution in [-0.4, -0.2) is 15.5 Å². The Morgan fingerprint density at radius 2 is 1.06 bits per heavy atom. The first-order valence-electron chi connectivity index (χ1n) is 10.2. The normalized spacial score (nSPS) is 10.8. The van der Waals surface area contributed by atoms with Gasteiger partial charge in [0.15, 0.2) is 0 Å². The van der Waals surface area contributed by atoms with Crippen LogP contribution in [-0.2, 0) is 9.84 Å². The second kappa shape index (κ2) is 9.52. The molecule has 0 aliphatic heterocycles. The van der Waals surface area contributed by atoms with Crippen LogP contribution in [0.25, 0.3) is 10.5 Å². The van der Waals surface area contributed by atoms with Gasteiger partial charge < -0.3 is 4.74 Å². The number of ether oxygens (including phenoxy) is 1. The van der Waals surface area contributed by atoms with Crippen LogP contribution in [0.3, 0.4) is 0 Å². The molecule has 0 aromatic heterocycles. The highest BCUT2D eigenvalue weighted by Crippen LogP contribution is 2.31. The monoisotopic (exact) mass is 438 g/mol. The highest BCUT2D eigenvalue weighted by molar-refractivity contribution is 8.00. The van der Waals surface area contributed by atoms with Crippen molar-refractivity contribution in [2.24, 2.45) is 0 Å². The Kier molecular flexibility index (Phi) is 6.37. The fraction of sp³-hybridized carbons (Fsp3) is 0.0357. The second-order valence-electron chi connectivity index (χ2n) is 7.11. The van der Waals surface area contributed by atoms with Gasteiger partial charge >= 0.3 is 0 Å². The molecule has 4 heteroatoms. The minimum absolute atomic E-state index is 0.117. The van der Waals surface area contributed by atoms with Gasteiger partial charge in [0, 0.05) is 11.1 Å². The molecule has 4 rings (SSSR count). The van der Waals surface area contributed by atoms with Crippen molar-refractivity contribution in [3.8, 4) is 5.75 Å². The molecule has 0 atom stereocenters. The molecule has 0 bridgehead atoms. The molecular formula is C28H22O3S. The van der Waals surface area contributed by atoms with Crippen LogP contribution < -0.4 is 4.74 Å². The van der Waals surface area contributed by atoms with Crippen LogP contribution in [0.1, 0.15) is 16.7 Å². The zero-order chi connectivity index (χ0) is 22.4. The lowest BCUT2D eigenvalue weighted by atomic mass is 9.98. The molecule has 0 N–H and O–H groups in total. The van der Waals surface area contributed by atoms with Crippen LogP contribution in [0.15, 0.2) is 126 Å². The van der Waals surface area contributed by atoms with Crippen molar-refractivity contribution in [1.82, 2.24) is 0 Å². The van der Waals surface area contributed by atoms with Gasteiger partial charge in [-0.15, -0.1) is 0 Å². The summed E-state index contributed by atoms with van der Waals surface area (Å²) >= 11 is 0. The minimum atomic E-state index is -3.86. The number of rotatable bonds is 6. The van der Waals surface area contributed by atoms with Crippen LogP contribution in [0.5, 0.6) is 5.75 Å². The summed E-state index contributed by atoms with van der Waals surface area (Å²) in [5.41, 5.74) is 6.34. The molecule has 0 amide bonds. The third kappa shape index (κ3) is 4.57. The lowest BCUT2D eigenvalue weighted by Gasteiger charge is -2.11. The molecule has 4 aromatic rings. The summed E-state index contributed by atoms with van der Waals surface area (Å²) in [6.45, 7) is 0. The molecule has 4 aromatic carbocycles. The summed E-state index contributed by atoms with van der Waals surface area (Å²) in [5.74, 6) is 0.596. The predicted octanol–water partition coefficient (Wildman–Crippen LogP) is 6.24. The van der Waals surface area contributed by atoms with E-state index in [9.17, 15) is 8.42 Å². The van der Waals surface area contributed by atoms with Crippen LogP contribution in [0.4, 0.5) is 0 Å². The van der Waals surface area contributed by atoms with Gasteiger partial charge in [-0.2, -0.15) is 0 Å². The van der Waals surface area contributed by atoms with Gasteiger partial charge in [0.25, 0.3) is 0 Å². The van der Waals surface area contributed by atoms with Gasteiger partial charge in [0.2, 0.25) is 9.84 Å². The van der Waals surface area contributed by atoms with Crippen molar-refractivity contribution in [3.05, 3.63) is 138 Å². The number of hydrogen-bond donors (Lipinski definition) is 0. The summed E-state index contributed by atoms with van der Waals surface area (Å²) in [7, 11) is -2.31. The quantitative estimate of drug-likeness (QED) is 0.335. The maximum atomic E-state index is 13.8. The van der Waals surface area contributed by atoms with Gasteiger partial charge in [0.1, 0.15) is 10.7 Å². The topological polar surface area (TPSA) is 43.4 Å². The Balaban J connectivity index is 2.05. The van der Waals surface area contributed by atoms with Crippen molar-refractivity contribution in [2.45, 2.75) is 4.90 Å². The van der Waals surface area contributed by atoms with Crippen LogP contribution in [0, 0.1) is 0 Å². The van der Waals surface area contributed by atoms with Gasteiger partial charge in [-0.05, 0) is 35.4 Å². The largest absolute Gasteiger partial charge is 0.497 e. The average Bonchev–Trinajstić information content (AvgIpc) is 2.86. The fourth-order valence-corrected chi connectivity index (χ4v) is 4.80. The molecule has 0 unspecified atom stereocenters. The standard InChI is InChI=1S/C28H22O3S/c1-31-25-17-19-26(20-18-25)32(29,30)28(24-15-9-4-10-16-24)21-27(22-11-5-2-6-12-22)23-13-7-3-8-14-23/h2-20H,1H3. The zero-order valence-corrected chi connectivity index (χ0v) is 18.4. The zero-order valence-electron chi connectivity index (χ0n) is 17.6. The highest BCUT2D eigenvalue weighted by atomic mass is 32.2. The second-order valence-corrected chi connectivity index (χ2v) is 8.99. The lowest BCUT2D eigenvalue weighted by molar-refractivity contribution is 0.414. The SMILES string of the molecule is COc1ccc(S(=O)(=O)C(=C=C(c2ccccc2)c2ccccc2)c2ccccc2)cc1. The molecule has 0 aliphatic carbocycles. The molecule has 0 spiro atoms. The number of hydrogen-bond acceptors (Lipinski definition) is 3. The molecular weight excluding hydrogens is 416 g/mol. The average molecular weight is 439 g/mol. The van der Waals surface area contributed by atoms with Crippen molar-refractivity contribution >= 4 is 20.3 Å². The lowest BCUT2D eigenvalue weighted by Crippen LogP contribution is -2.04. The van der Waals surface area contributed by atoms with E-state index in [1.165, 1.54) is 0 Å². The molecule has 0 saturated carbocycles. The summed E-state index contributed by atoms with van der Waals surface area (Å²) in [6, 6.07) is 34.9. The Labute approximate surface area is 188 Å². The van der Waals surface area contributed by atoms with E-state index in [-0.39, 0.29) is 9.80 Å². The fourth-order valence-electron chi connectivity index (χ4n) is 3.39. The molecule has 0 aliphatic rings. The van der Waals surface area contributed by atoms with Gasteiger partial charge in [0.05, 0.1) is 12.0 Å². The highest BCUT2D eigenvalue weighted by Gasteiger charge is 2.23. The summed E-state index contributed by atoms with van der Waals surface area (Å²) < 4.78 is 32.7. The predicted molar refractivity (Wildman–Crippen MR) is 129 cm³/mol. The van der Waals surface area contributed by atoms with E-state index in [0.717, 1.165) is 11.1 Å². The van der Waals surface area contributed by atoms with Crippen molar-refractivity contribution in [3.63, 3.8) is 0 Å². The summed E-state index contributed by atoms with van der Waals surface area (Å²) in [6.07, 6.45) is 0. The Bertz CT molecular complexity index is 1310. The van der Waals surface area contributed by atoms with Crippen LogP contribution >= 0.6 is 0 Å². The van der Waals surface area contributed by atoms with E-state index < -0.39 is 9.84 Å². The summed E-state index contributed by atoms with van der Waals surface area (Å²) in [4.78, 5) is 0.302. The van der Waals surface area contributed by atoms with Gasteiger partial charge in [-0.25, -0.2) is 8.42 Å². The van der Waals surface area contributed by atoms with Crippen LogP contribution in [0.2, 0.25) is 0 Å². The molecule has 0 fully saturated rings.